The fourth-order valence-electron chi connectivity index (χ4n) is 2.58. The minimum atomic E-state index is 0.550. The number of aliphatic imine (C=N–C) groups is 1. The molecule has 0 aromatic heterocycles. The van der Waals surface area contributed by atoms with Gasteiger partial charge >= 0.3 is 0 Å². The highest BCUT2D eigenvalue weighted by Gasteiger charge is 2.03. The van der Waals surface area contributed by atoms with E-state index in [-0.39, 0.29) is 0 Å². The summed E-state index contributed by atoms with van der Waals surface area (Å²) in [6.07, 6.45) is 1.89. The van der Waals surface area contributed by atoms with Crippen LogP contribution in [0.25, 0.3) is 0 Å². The van der Waals surface area contributed by atoms with Crippen molar-refractivity contribution < 1.29 is 4.74 Å². The maximum Gasteiger partial charge on any atom is 0.134 e. The molecule has 2 nitrogen and oxygen atoms in total. The Kier molecular flexibility index (Phi) is 5.89. The van der Waals surface area contributed by atoms with E-state index in [1.165, 1.54) is 16.7 Å². The highest BCUT2D eigenvalue weighted by atomic mass is 79.9. The van der Waals surface area contributed by atoms with E-state index in [9.17, 15) is 0 Å². The summed E-state index contributed by atoms with van der Waals surface area (Å²) in [5.74, 6) is 0.828. The Balaban J connectivity index is 1.70. The third-order valence-corrected chi connectivity index (χ3v) is 5.02. The van der Waals surface area contributed by atoms with Crippen molar-refractivity contribution >= 4 is 27.8 Å². The zero-order valence-corrected chi connectivity index (χ0v) is 16.9. The first kappa shape index (κ1) is 18.4. The van der Waals surface area contributed by atoms with E-state index in [2.05, 4.69) is 72.0 Å². The number of rotatable bonds is 5. The van der Waals surface area contributed by atoms with Crippen molar-refractivity contribution in [3.05, 3.63) is 93.0 Å². The Labute approximate surface area is 163 Å². The third kappa shape index (κ3) is 4.61. The van der Waals surface area contributed by atoms with Crippen LogP contribution in [0.5, 0.6) is 5.75 Å². The van der Waals surface area contributed by atoms with Crippen molar-refractivity contribution in [2.45, 2.75) is 27.4 Å². The molecule has 0 aliphatic carbocycles. The van der Waals surface area contributed by atoms with Crippen LogP contribution in [0.1, 0.15) is 27.8 Å². The highest BCUT2D eigenvalue weighted by molar-refractivity contribution is 9.10. The van der Waals surface area contributed by atoms with Gasteiger partial charge in [0.05, 0.1) is 10.2 Å². The van der Waals surface area contributed by atoms with E-state index < -0.39 is 0 Å². The number of nitrogens with zero attached hydrogens (tertiary/aromatic N) is 1. The van der Waals surface area contributed by atoms with Crippen molar-refractivity contribution in [3.8, 4) is 5.75 Å². The zero-order chi connectivity index (χ0) is 18.5. The Hall–Kier alpha value is -2.39. The Morgan fingerprint density at radius 2 is 1.73 bits per heavy atom. The van der Waals surface area contributed by atoms with Gasteiger partial charge in [0, 0.05) is 6.21 Å². The maximum atomic E-state index is 5.92. The molecule has 0 fully saturated rings. The van der Waals surface area contributed by atoms with Crippen molar-refractivity contribution in [1.29, 1.82) is 0 Å². The molecule has 0 aliphatic heterocycles. The summed E-state index contributed by atoms with van der Waals surface area (Å²) in [4.78, 5) is 4.62. The SMILES string of the molecule is Cc1ccc(COc2ccc(C=Nc3cccc(C)c3C)cc2Br)cc1. The molecule has 3 heteroatoms. The molecule has 0 N–H and O–H groups in total. The topological polar surface area (TPSA) is 21.6 Å². The number of hydrogen-bond acceptors (Lipinski definition) is 2. The van der Waals surface area contributed by atoms with Crippen molar-refractivity contribution in [2.24, 2.45) is 4.99 Å². The highest BCUT2D eigenvalue weighted by Crippen LogP contribution is 2.27. The fourth-order valence-corrected chi connectivity index (χ4v) is 3.09. The van der Waals surface area contributed by atoms with Crippen molar-refractivity contribution in [1.82, 2.24) is 0 Å². The number of hydrogen-bond donors (Lipinski definition) is 0. The second-order valence-electron chi connectivity index (χ2n) is 6.44. The van der Waals surface area contributed by atoms with E-state index in [0.29, 0.717) is 6.61 Å². The molecule has 0 saturated heterocycles. The first-order valence-electron chi connectivity index (χ1n) is 8.61. The number of benzene rings is 3. The van der Waals surface area contributed by atoms with Gasteiger partial charge in [-0.3, -0.25) is 4.99 Å². The van der Waals surface area contributed by atoms with Crippen LogP contribution in [0.15, 0.2) is 70.1 Å². The summed E-state index contributed by atoms with van der Waals surface area (Å²) in [6.45, 7) is 6.83. The van der Waals surface area contributed by atoms with E-state index in [4.69, 9.17) is 4.74 Å². The average Bonchev–Trinajstić information content (AvgIpc) is 2.63. The second-order valence-corrected chi connectivity index (χ2v) is 7.30. The quantitative estimate of drug-likeness (QED) is 0.430. The number of aryl methyl sites for hydroxylation is 2. The van der Waals surface area contributed by atoms with Crippen LogP contribution in [0, 0.1) is 20.8 Å². The monoisotopic (exact) mass is 407 g/mol. The van der Waals surface area contributed by atoms with Gasteiger partial charge in [0.15, 0.2) is 0 Å². The number of halogens is 1. The predicted molar refractivity (Wildman–Crippen MR) is 113 cm³/mol. The lowest BCUT2D eigenvalue weighted by Crippen LogP contribution is -1.96. The van der Waals surface area contributed by atoms with Gasteiger partial charge in [0.1, 0.15) is 12.4 Å². The van der Waals surface area contributed by atoms with E-state index >= 15 is 0 Å². The lowest BCUT2D eigenvalue weighted by atomic mass is 10.1. The number of ether oxygens (including phenoxy) is 1. The van der Waals surface area contributed by atoms with Crippen molar-refractivity contribution in [3.63, 3.8) is 0 Å². The fraction of sp³-hybridized carbons (Fsp3) is 0.174. The maximum absolute atomic E-state index is 5.92. The summed E-state index contributed by atoms with van der Waals surface area (Å²) in [6, 6.07) is 20.6. The van der Waals surface area contributed by atoms with Gasteiger partial charge in [-0.2, -0.15) is 0 Å². The first-order valence-corrected chi connectivity index (χ1v) is 9.40. The lowest BCUT2D eigenvalue weighted by molar-refractivity contribution is 0.304. The molecule has 0 bridgehead atoms. The summed E-state index contributed by atoms with van der Waals surface area (Å²) in [5, 5.41) is 0. The molecule has 3 aromatic carbocycles. The molecule has 0 saturated carbocycles. The Morgan fingerprint density at radius 3 is 2.46 bits per heavy atom. The van der Waals surface area contributed by atoms with Crippen LogP contribution in [0.4, 0.5) is 5.69 Å². The van der Waals surface area contributed by atoms with Gasteiger partial charge < -0.3 is 4.74 Å². The Bertz CT molecular complexity index is 929. The van der Waals surface area contributed by atoms with Crippen molar-refractivity contribution in [2.75, 3.05) is 0 Å². The van der Waals surface area contributed by atoms with Gasteiger partial charge in [-0.1, -0.05) is 42.0 Å². The normalized spacial score (nSPS) is 11.1. The van der Waals surface area contributed by atoms with E-state index in [1.54, 1.807) is 0 Å². The first-order chi connectivity index (χ1) is 12.5. The van der Waals surface area contributed by atoms with Gasteiger partial charge in [0.2, 0.25) is 0 Å². The summed E-state index contributed by atoms with van der Waals surface area (Å²) in [7, 11) is 0. The standard InChI is InChI=1S/C23H22BrNO/c1-16-7-9-19(10-8-16)15-26-23-12-11-20(13-21(23)24)14-25-22-6-4-5-17(2)18(22)3/h4-14H,15H2,1-3H3. The van der Waals surface area contributed by atoms with Crippen LogP contribution in [0.3, 0.4) is 0 Å². The average molecular weight is 408 g/mol. The summed E-state index contributed by atoms with van der Waals surface area (Å²) >= 11 is 3.60. The van der Waals surface area contributed by atoms with Crippen LogP contribution < -0.4 is 4.74 Å². The van der Waals surface area contributed by atoms with E-state index in [0.717, 1.165) is 27.0 Å². The smallest absolute Gasteiger partial charge is 0.134 e. The molecule has 0 atom stereocenters. The van der Waals surface area contributed by atoms with Crippen LogP contribution in [-0.2, 0) is 6.61 Å². The van der Waals surface area contributed by atoms with E-state index in [1.807, 2.05) is 36.5 Å². The zero-order valence-electron chi connectivity index (χ0n) is 15.3. The largest absolute Gasteiger partial charge is 0.488 e. The van der Waals surface area contributed by atoms with Crippen LogP contribution >= 0.6 is 15.9 Å². The minimum Gasteiger partial charge on any atom is -0.488 e. The molecule has 0 heterocycles. The Morgan fingerprint density at radius 1 is 0.962 bits per heavy atom. The molecule has 132 valence electrons. The van der Waals surface area contributed by atoms with Gasteiger partial charge in [0.25, 0.3) is 0 Å². The second kappa shape index (κ2) is 8.33. The van der Waals surface area contributed by atoms with Crippen LogP contribution in [-0.4, -0.2) is 6.21 Å². The molecule has 0 amide bonds. The minimum absolute atomic E-state index is 0.550. The molecular formula is C23H22BrNO. The predicted octanol–water partition coefficient (Wildman–Crippen LogP) is 6.70. The van der Waals surface area contributed by atoms with Gasteiger partial charge in [-0.05, 0) is 83.2 Å². The lowest BCUT2D eigenvalue weighted by Gasteiger charge is -2.09. The molecule has 0 spiro atoms. The summed E-state index contributed by atoms with van der Waals surface area (Å²) in [5.41, 5.74) is 6.90. The molecular weight excluding hydrogens is 386 g/mol. The van der Waals surface area contributed by atoms with Gasteiger partial charge in [-0.15, -0.1) is 0 Å². The molecule has 26 heavy (non-hydrogen) atoms. The molecule has 0 aliphatic rings. The third-order valence-electron chi connectivity index (χ3n) is 4.40. The van der Waals surface area contributed by atoms with Gasteiger partial charge in [-0.25, -0.2) is 0 Å². The molecule has 0 radical (unpaired) electrons. The van der Waals surface area contributed by atoms with Crippen LogP contribution in [0.2, 0.25) is 0 Å². The molecule has 3 rings (SSSR count). The molecule has 3 aromatic rings. The molecule has 0 unspecified atom stereocenters. The summed E-state index contributed by atoms with van der Waals surface area (Å²) < 4.78 is 6.85.